The number of aromatic amines is 1. The first-order valence-corrected chi connectivity index (χ1v) is 12.7. The molecule has 1 aliphatic heterocycles. The quantitative estimate of drug-likeness (QED) is 0.576. The van der Waals surface area contributed by atoms with Crippen LogP contribution < -0.4 is 0 Å². The van der Waals surface area contributed by atoms with Crippen molar-refractivity contribution in [3.05, 3.63) is 42.4 Å². The monoisotopic (exact) mass is 436 g/mol. The van der Waals surface area contributed by atoms with Crippen molar-refractivity contribution in [3.63, 3.8) is 0 Å². The second-order valence-electron chi connectivity index (χ2n) is 7.49. The first kappa shape index (κ1) is 20.3. The zero-order valence-corrected chi connectivity index (χ0v) is 17.9. The molecule has 1 saturated heterocycles. The highest BCUT2D eigenvalue weighted by Crippen LogP contribution is 2.41. The Balaban J connectivity index is 1.64. The Morgan fingerprint density at radius 2 is 1.86 bits per heavy atom. The van der Waals surface area contributed by atoms with Gasteiger partial charge >= 0.3 is 0 Å². The first-order chi connectivity index (χ1) is 13.7. The van der Waals surface area contributed by atoms with Crippen molar-refractivity contribution in [2.45, 2.75) is 24.7 Å². The minimum absolute atomic E-state index is 0.0679. The maximum absolute atomic E-state index is 12.9. The van der Waals surface area contributed by atoms with Gasteiger partial charge in [0.15, 0.2) is 0 Å². The molecule has 0 radical (unpaired) electrons. The molecule has 0 aromatic carbocycles. The Kier molecular flexibility index (Phi) is 5.16. The van der Waals surface area contributed by atoms with Crippen LogP contribution in [0.15, 0.2) is 41.6 Å². The molecule has 29 heavy (non-hydrogen) atoms. The summed E-state index contributed by atoms with van der Waals surface area (Å²) in [6.45, 7) is 4.39. The van der Waals surface area contributed by atoms with Crippen LogP contribution in [-0.4, -0.2) is 61.4 Å². The van der Waals surface area contributed by atoms with Crippen molar-refractivity contribution >= 4 is 31.6 Å². The molecule has 10 heteroatoms. The van der Waals surface area contributed by atoms with E-state index >= 15 is 0 Å². The Bertz CT molecular complexity index is 1130. The van der Waals surface area contributed by atoms with Gasteiger partial charge in [-0.15, -0.1) is 0 Å². The number of H-pyrrole nitrogens is 1. The molecule has 4 heterocycles. The van der Waals surface area contributed by atoms with Crippen LogP contribution in [0.5, 0.6) is 0 Å². The number of sulfonamides is 1. The second-order valence-corrected chi connectivity index (χ2v) is 11.9. The molecule has 3 N–H and O–H groups in total. The van der Waals surface area contributed by atoms with Gasteiger partial charge in [-0.2, -0.15) is 14.9 Å². The summed E-state index contributed by atoms with van der Waals surface area (Å²) in [5.41, 5.74) is 3.40. The van der Waals surface area contributed by atoms with Crippen molar-refractivity contribution in [3.8, 4) is 11.3 Å². The first-order valence-electron chi connectivity index (χ1n) is 9.35. The molecule has 8 nitrogen and oxygen atoms in total. The highest BCUT2D eigenvalue weighted by molar-refractivity contribution is 8.24. The summed E-state index contributed by atoms with van der Waals surface area (Å²) >= 11 is 0. The highest BCUT2D eigenvalue weighted by atomic mass is 32.3. The summed E-state index contributed by atoms with van der Waals surface area (Å²) in [6, 6.07) is 7.17. The van der Waals surface area contributed by atoms with Crippen molar-refractivity contribution in [1.29, 1.82) is 0 Å². The largest absolute Gasteiger partial charge is 0.343 e. The smallest absolute Gasteiger partial charge is 0.244 e. The minimum Gasteiger partial charge on any atom is -0.343 e. The zero-order chi connectivity index (χ0) is 20.8. The lowest BCUT2D eigenvalue weighted by molar-refractivity contribution is 0.402. The SMILES string of the molecule is CC(C)c1cc2c(-c3ccc(S(=O)(=O)N4CCS(O)(O)CC4)cn3)ccnc2[nH]1. The van der Waals surface area contributed by atoms with Gasteiger partial charge in [0.25, 0.3) is 0 Å². The molecule has 1 aliphatic rings. The third-order valence-corrected chi connectivity index (χ3v) is 8.71. The summed E-state index contributed by atoms with van der Waals surface area (Å²) in [5.74, 6) is 0.470. The van der Waals surface area contributed by atoms with Crippen LogP contribution in [0.4, 0.5) is 0 Å². The van der Waals surface area contributed by atoms with Gasteiger partial charge in [0.2, 0.25) is 10.0 Å². The van der Waals surface area contributed by atoms with Crippen LogP contribution in [0.25, 0.3) is 22.3 Å². The molecule has 0 aliphatic carbocycles. The number of nitrogens with zero attached hydrogens (tertiary/aromatic N) is 3. The number of nitrogens with one attached hydrogen (secondary N) is 1. The molecule has 0 atom stereocenters. The lowest BCUT2D eigenvalue weighted by Crippen LogP contribution is -2.42. The highest BCUT2D eigenvalue weighted by Gasteiger charge is 2.31. The molecule has 3 aromatic heterocycles. The van der Waals surface area contributed by atoms with Gasteiger partial charge < -0.3 is 4.98 Å². The third kappa shape index (κ3) is 3.90. The van der Waals surface area contributed by atoms with Crippen molar-refractivity contribution in [2.24, 2.45) is 0 Å². The molecule has 0 amide bonds. The predicted molar refractivity (Wildman–Crippen MR) is 115 cm³/mol. The number of aromatic nitrogens is 3. The van der Waals surface area contributed by atoms with E-state index in [1.54, 1.807) is 18.3 Å². The Labute approximate surface area is 171 Å². The standard InChI is InChI=1S/C19H24N4O4S2/c1-13(2)18-11-16-15(5-6-20-19(16)22-18)17-4-3-14(12-21-17)29(26,27)23-7-9-28(24,25)10-8-23/h3-6,11-13,24-25H,7-10H2,1-2H3,(H,20,22). The van der Waals surface area contributed by atoms with Crippen LogP contribution in [0.2, 0.25) is 0 Å². The number of rotatable bonds is 4. The normalized spacial score (nSPS) is 18.9. The molecule has 0 spiro atoms. The van der Waals surface area contributed by atoms with Gasteiger partial charge in [0.1, 0.15) is 10.5 Å². The molecule has 0 saturated carbocycles. The van der Waals surface area contributed by atoms with E-state index in [1.807, 2.05) is 6.07 Å². The van der Waals surface area contributed by atoms with Crippen LogP contribution in [-0.2, 0) is 10.0 Å². The van der Waals surface area contributed by atoms with Crippen molar-refractivity contribution in [2.75, 3.05) is 24.6 Å². The van der Waals surface area contributed by atoms with Crippen LogP contribution in [0.3, 0.4) is 0 Å². The maximum Gasteiger partial charge on any atom is 0.244 e. The van der Waals surface area contributed by atoms with Gasteiger partial charge in [0, 0.05) is 42.1 Å². The Morgan fingerprint density at radius 1 is 1.14 bits per heavy atom. The molecule has 4 rings (SSSR count). The summed E-state index contributed by atoms with van der Waals surface area (Å²) < 4.78 is 46.4. The molecular weight excluding hydrogens is 412 g/mol. The van der Waals surface area contributed by atoms with Gasteiger partial charge in [-0.25, -0.2) is 13.4 Å². The third-order valence-electron chi connectivity index (χ3n) is 5.16. The van der Waals surface area contributed by atoms with Crippen LogP contribution in [0, 0.1) is 0 Å². The number of fused-ring (bicyclic) bond motifs is 1. The molecular formula is C19H24N4O4S2. The van der Waals surface area contributed by atoms with E-state index in [4.69, 9.17) is 0 Å². The molecule has 3 aromatic rings. The van der Waals surface area contributed by atoms with E-state index < -0.39 is 20.6 Å². The zero-order valence-electron chi connectivity index (χ0n) is 16.2. The summed E-state index contributed by atoms with van der Waals surface area (Å²) in [5, 5.41) is 0.945. The van der Waals surface area contributed by atoms with Gasteiger partial charge in [-0.05, 0) is 30.2 Å². The average Bonchev–Trinajstić information content (AvgIpc) is 3.12. The number of hydrogen-bond donors (Lipinski definition) is 3. The van der Waals surface area contributed by atoms with Gasteiger partial charge in [-0.1, -0.05) is 13.8 Å². The van der Waals surface area contributed by atoms with Gasteiger partial charge in [0.05, 0.1) is 17.2 Å². The molecule has 0 bridgehead atoms. The molecule has 1 fully saturated rings. The van der Waals surface area contributed by atoms with E-state index in [-0.39, 0.29) is 29.5 Å². The van der Waals surface area contributed by atoms with Crippen LogP contribution >= 0.6 is 10.6 Å². The second kappa shape index (κ2) is 7.37. The fraction of sp³-hybridized carbons (Fsp3) is 0.368. The fourth-order valence-electron chi connectivity index (χ4n) is 3.37. The topological polar surface area (TPSA) is 119 Å². The summed E-state index contributed by atoms with van der Waals surface area (Å²) in [6.07, 6.45) is 3.07. The lowest BCUT2D eigenvalue weighted by atomic mass is 10.1. The van der Waals surface area contributed by atoms with E-state index in [1.165, 1.54) is 10.5 Å². The Hall–Kier alpha value is -1.98. The maximum atomic E-state index is 12.9. The fourth-order valence-corrected chi connectivity index (χ4v) is 6.22. The predicted octanol–water partition coefficient (Wildman–Crippen LogP) is 3.50. The average molecular weight is 437 g/mol. The summed E-state index contributed by atoms with van der Waals surface area (Å²) in [7, 11) is -6.37. The van der Waals surface area contributed by atoms with Crippen molar-refractivity contribution in [1.82, 2.24) is 19.3 Å². The molecule has 156 valence electrons. The minimum atomic E-state index is -3.72. The molecule has 0 unspecified atom stereocenters. The van der Waals surface area contributed by atoms with Gasteiger partial charge in [-0.3, -0.25) is 14.1 Å². The summed E-state index contributed by atoms with van der Waals surface area (Å²) in [4.78, 5) is 12.2. The Morgan fingerprint density at radius 3 is 2.48 bits per heavy atom. The number of pyridine rings is 2. The van der Waals surface area contributed by atoms with Crippen molar-refractivity contribution < 1.29 is 17.5 Å². The van der Waals surface area contributed by atoms with Crippen LogP contribution in [0.1, 0.15) is 25.5 Å². The van der Waals surface area contributed by atoms with E-state index in [0.717, 1.165) is 22.3 Å². The van der Waals surface area contributed by atoms with E-state index in [2.05, 4.69) is 34.9 Å². The lowest BCUT2D eigenvalue weighted by Gasteiger charge is -2.40. The van der Waals surface area contributed by atoms with E-state index in [9.17, 15) is 17.5 Å². The van der Waals surface area contributed by atoms with E-state index in [0.29, 0.717) is 11.6 Å². The number of hydrogen-bond acceptors (Lipinski definition) is 6.